The monoisotopic (exact) mass is 592 g/mol. The molecule has 4 aromatic rings. The normalized spacial score (nSPS) is 14.2. The number of amides is 1. The zero-order chi connectivity index (χ0) is 30.3. The van der Waals surface area contributed by atoms with Crippen molar-refractivity contribution in [2.75, 3.05) is 16.4 Å². The van der Waals surface area contributed by atoms with Gasteiger partial charge in [-0.05, 0) is 79.3 Å². The molecule has 0 saturated carbocycles. The molecule has 42 heavy (non-hydrogen) atoms. The molecule has 0 radical (unpaired) electrons. The van der Waals surface area contributed by atoms with Gasteiger partial charge in [-0.2, -0.15) is 13.2 Å². The van der Waals surface area contributed by atoms with Crippen LogP contribution >= 0.6 is 0 Å². The second kappa shape index (κ2) is 10.8. The highest BCUT2D eigenvalue weighted by Crippen LogP contribution is 2.43. The van der Waals surface area contributed by atoms with E-state index < -0.39 is 32.1 Å². The van der Waals surface area contributed by atoms with Crippen molar-refractivity contribution in [2.45, 2.75) is 50.1 Å². The Hall–Kier alpha value is -4.43. The van der Waals surface area contributed by atoms with Crippen LogP contribution in [0.5, 0.6) is 0 Å². The highest BCUT2D eigenvalue weighted by atomic mass is 32.2. The molecular formula is C31H27F3N4O3S. The minimum absolute atomic E-state index is 0.00340. The van der Waals surface area contributed by atoms with E-state index in [0.29, 0.717) is 35.6 Å². The first kappa shape index (κ1) is 29.1. The van der Waals surface area contributed by atoms with Crippen LogP contribution in [0, 0.1) is 18.8 Å². The summed E-state index contributed by atoms with van der Waals surface area (Å²) in [5.41, 5.74) is 3.37. The molecule has 7 nitrogen and oxygen atoms in total. The van der Waals surface area contributed by atoms with Gasteiger partial charge in [-0.25, -0.2) is 18.4 Å². The van der Waals surface area contributed by atoms with Crippen LogP contribution in [0.15, 0.2) is 65.8 Å². The van der Waals surface area contributed by atoms with E-state index in [-0.39, 0.29) is 5.91 Å². The van der Waals surface area contributed by atoms with Gasteiger partial charge in [0, 0.05) is 40.1 Å². The molecule has 1 amide bonds. The Kier molecular flexibility index (Phi) is 7.45. The molecule has 5 rings (SSSR count). The highest BCUT2D eigenvalue weighted by Gasteiger charge is 2.43. The number of hydrogen-bond donors (Lipinski definition) is 2. The average Bonchev–Trinajstić information content (AvgIpc) is 3.21. The number of aromatic nitrogens is 2. The van der Waals surface area contributed by atoms with Crippen molar-refractivity contribution in [3.05, 3.63) is 83.3 Å². The first-order valence-corrected chi connectivity index (χ1v) is 14.9. The molecule has 3 heterocycles. The Morgan fingerprint density at radius 2 is 1.76 bits per heavy atom. The third-order valence-electron chi connectivity index (χ3n) is 7.57. The van der Waals surface area contributed by atoms with Gasteiger partial charge >= 0.3 is 6.18 Å². The zero-order valence-electron chi connectivity index (χ0n) is 23.1. The minimum atomic E-state index is -4.83. The Balaban J connectivity index is 1.42. The smallest absolute Gasteiger partial charge is 0.340 e. The molecule has 2 N–H and O–H groups in total. The molecule has 0 atom stereocenters. The number of rotatable bonds is 6. The molecular weight excluding hydrogens is 565 g/mol. The molecule has 0 bridgehead atoms. The van der Waals surface area contributed by atoms with Crippen LogP contribution in [0.1, 0.15) is 49.1 Å². The molecule has 1 aliphatic rings. The van der Waals surface area contributed by atoms with Crippen LogP contribution < -0.4 is 10.6 Å². The van der Waals surface area contributed by atoms with Crippen molar-refractivity contribution in [2.24, 2.45) is 0 Å². The van der Waals surface area contributed by atoms with Gasteiger partial charge in [0.25, 0.3) is 0 Å². The number of nitrogens with zero attached hydrogens (tertiary/aromatic N) is 2. The van der Waals surface area contributed by atoms with Gasteiger partial charge in [0.05, 0.1) is 10.3 Å². The first-order valence-electron chi connectivity index (χ1n) is 13.2. The van der Waals surface area contributed by atoms with Gasteiger partial charge in [-0.3, -0.25) is 4.79 Å². The Morgan fingerprint density at radius 3 is 2.45 bits per heavy atom. The van der Waals surface area contributed by atoms with Gasteiger partial charge in [0.15, 0.2) is 15.6 Å². The van der Waals surface area contributed by atoms with E-state index in [4.69, 9.17) is 0 Å². The number of sulfone groups is 1. The summed E-state index contributed by atoms with van der Waals surface area (Å²) in [5.74, 6) is 4.75. The molecule has 0 unspecified atom stereocenters. The van der Waals surface area contributed by atoms with Gasteiger partial charge in [0.1, 0.15) is 11.5 Å². The quantitative estimate of drug-likeness (QED) is 0.251. The largest absolute Gasteiger partial charge is 0.403 e. The fourth-order valence-electron chi connectivity index (χ4n) is 5.23. The summed E-state index contributed by atoms with van der Waals surface area (Å²) in [6.07, 6.45) is -0.149. The summed E-state index contributed by atoms with van der Waals surface area (Å²) >= 11 is 0. The molecule has 2 aromatic carbocycles. The fraction of sp³-hybridized carbons (Fsp3) is 0.258. The summed E-state index contributed by atoms with van der Waals surface area (Å²) in [6.45, 7) is 5.61. The van der Waals surface area contributed by atoms with E-state index in [1.807, 2.05) is 32.0 Å². The number of halogens is 3. The number of alkyl halides is 3. The summed E-state index contributed by atoms with van der Waals surface area (Å²) in [7, 11) is -4.52. The number of hydrogen-bond acceptors (Lipinski definition) is 6. The lowest BCUT2D eigenvalue weighted by molar-refractivity contribution is -0.121. The maximum Gasteiger partial charge on any atom is 0.403 e. The average molecular weight is 593 g/mol. The van der Waals surface area contributed by atoms with Crippen molar-refractivity contribution in [3.8, 4) is 11.8 Å². The van der Waals surface area contributed by atoms with Crippen molar-refractivity contribution in [1.82, 2.24) is 9.97 Å². The number of anilines is 3. The molecule has 0 aliphatic carbocycles. The first-order chi connectivity index (χ1) is 19.8. The van der Waals surface area contributed by atoms with Gasteiger partial charge in [-0.1, -0.05) is 25.8 Å². The molecule has 0 fully saturated rings. The SMILES string of the molecule is CCC1(CC)C(=O)Nc2cc(C#Cc3nccc4cnc(Nc5ccc(S(=O)(=O)CC(F)(F)F)cc5C)cc34)ccc21. The van der Waals surface area contributed by atoms with E-state index >= 15 is 0 Å². The van der Waals surface area contributed by atoms with E-state index in [9.17, 15) is 26.4 Å². The van der Waals surface area contributed by atoms with E-state index in [1.165, 1.54) is 12.1 Å². The number of benzene rings is 2. The number of nitrogens with one attached hydrogen (secondary N) is 2. The zero-order valence-corrected chi connectivity index (χ0v) is 23.9. The third kappa shape index (κ3) is 5.54. The summed E-state index contributed by atoms with van der Waals surface area (Å²) in [6, 6.07) is 13.0. The van der Waals surface area contributed by atoms with Crippen LogP contribution in [0.25, 0.3) is 10.8 Å². The topological polar surface area (TPSA) is 101 Å². The van der Waals surface area contributed by atoms with Crippen LogP contribution in [0.4, 0.5) is 30.4 Å². The number of carbonyl (C=O) groups excluding carboxylic acids is 1. The standard InChI is InChI=1S/C31H27F3N4O3S/c1-4-30(5-2)24-9-6-20(15-27(24)38-29(30)39)7-10-26-23-16-28(36-17-21(23)12-13-35-26)37-25-11-8-22(14-19(25)3)42(40,41)18-31(32,33)34/h6,8-9,11-17H,4-5,18H2,1-3H3,(H,36,37)(H,38,39). The minimum Gasteiger partial charge on any atom is -0.340 e. The summed E-state index contributed by atoms with van der Waals surface area (Å²) in [5, 5.41) is 7.60. The van der Waals surface area contributed by atoms with Crippen LogP contribution in [-0.2, 0) is 20.0 Å². The molecule has 2 aromatic heterocycles. The van der Waals surface area contributed by atoms with Crippen molar-refractivity contribution >= 4 is 43.7 Å². The Morgan fingerprint density at radius 1 is 1.00 bits per heavy atom. The molecule has 11 heteroatoms. The molecule has 216 valence electrons. The van der Waals surface area contributed by atoms with Gasteiger partial charge in [-0.15, -0.1) is 0 Å². The second-order valence-electron chi connectivity index (χ2n) is 10.2. The van der Waals surface area contributed by atoms with Crippen LogP contribution in [0.2, 0.25) is 0 Å². The van der Waals surface area contributed by atoms with Crippen molar-refractivity contribution < 1.29 is 26.4 Å². The predicted octanol–water partition coefficient (Wildman–Crippen LogP) is 6.43. The van der Waals surface area contributed by atoms with E-state index in [0.717, 1.165) is 33.7 Å². The predicted molar refractivity (Wildman–Crippen MR) is 155 cm³/mol. The number of fused-ring (bicyclic) bond motifs is 2. The molecule has 0 spiro atoms. The lowest BCUT2D eigenvalue weighted by Crippen LogP contribution is -2.32. The number of carbonyl (C=O) groups is 1. The van der Waals surface area contributed by atoms with Gasteiger partial charge < -0.3 is 10.6 Å². The van der Waals surface area contributed by atoms with Crippen LogP contribution in [-0.4, -0.2) is 36.2 Å². The Bertz CT molecular complexity index is 1890. The Labute approximate surface area is 241 Å². The third-order valence-corrected chi connectivity index (χ3v) is 9.25. The number of pyridine rings is 2. The van der Waals surface area contributed by atoms with Crippen molar-refractivity contribution in [1.29, 1.82) is 0 Å². The fourth-order valence-corrected chi connectivity index (χ4v) is 6.46. The van der Waals surface area contributed by atoms with Gasteiger partial charge in [0.2, 0.25) is 5.91 Å². The lowest BCUT2D eigenvalue weighted by Gasteiger charge is -2.23. The molecule has 0 saturated heterocycles. The highest BCUT2D eigenvalue weighted by molar-refractivity contribution is 7.91. The van der Waals surface area contributed by atoms with E-state index in [1.54, 1.807) is 31.5 Å². The maximum absolute atomic E-state index is 12.7. The second-order valence-corrected chi connectivity index (χ2v) is 12.2. The molecule has 1 aliphatic heterocycles. The lowest BCUT2D eigenvalue weighted by atomic mass is 9.77. The maximum atomic E-state index is 12.7. The summed E-state index contributed by atoms with van der Waals surface area (Å²) < 4.78 is 62.4. The number of aryl methyl sites for hydroxylation is 1. The van der Waals surface area contributed by atoms with Crippen molar-refractivity contribution in [3.63, 3.8) is 0 Å². The summed E-state index contributed by atoms with van der Waals surface area (Å²) in [4.78, 5) is 21.1. The van der Waals surface area contributed by atoms with E-state index in [2.05, 4.69) is 32.4 Å². The van der Waals surface area contributed by atoms with Crippen LogP contribution in [0.3, 0.4) is 0 Å².